The van der Waals surface area contributed by atoms with Gasteiger partial charge in [0, 0.05) is 25.0 Å². The van der Waals surface area contributed by atoms with Gasteiger partial charge in [-0.2, -0.15) is 0 Å². The highest BCUT2D eigenvalue weighted by atomic mass is 16.6. The summed E-state index contributed by atoms with van der Waals surface area (Å²) in [5.41, 5.74) is 0.561. The van der Waals surface area contributed by atoms with Crippen LogP contribution in [0.25, 0.3) is 0 Å². The number of esters is 1. The van der Waals surface area contributed by atoms with Crippen LogP contribution >= 0.6 is 0 Å². The quantitative estimate of drug-likeness (QED) is 0.725. The third-order valence-corrected chi connectivity index (χ3v) is 1.64. The highest BCUT2D eigenvalue weighted by Crippen LogP contribution is 2.01. The number of ether oxygens (including phenoxy) is 1. The Morgan fingerprint density at radius 2 is 2.27 bits per heavy atom. The van der Waals surface area contributed by atoms with Gasteiger partial charge in [-0.15, -0.1) is 0 Å². The van der Waals surface area contributed by atoms with Gasteiger partial charge in [0.05, 0.1) is 11.8 Å². The predicted octanol–water partition coefficient (Wildman–Crippen LogP) is 0.332. The molecule has 5 heteroatoms. The molecular weight excluding hydrogens is 196 g/mol. The molecule has 0 bridgehead atoms. The van der Waals surface area contributed by atoms with Crippen LogP contribution in [0.5, 0.6) is 0 Å². The van der Waals surface area contributed by atoms with Crippen LogP contribution in [0, 0.1) is 0 Å². The van der Waals surface area contributed by atoms with Crippen molar-refractivity contribution in [2.24, 2.45) is 0 Å². The van der Waals surface area contributed by atoms with Crippen molar-refractivity contribution in [3.05, 3.63) is 24.3 Å². The Kier molecular flexibility index (Phi) is 4.17. The fourth-order valence-electron chi connectivity index (χ4n) is 1.03. The van der Waals surface area contributed by atoms with Crippen molar-refractivity contribution in [3.8, 4) is 0 Å². The average molecular weight is 210 g/mol. The van der Waals surface area contributed by atoms with E-state index in [9.17, 15) is 9.90 Å². The molecule has 1 N–H and O–H groups in total. The van der Waals surface area contributed by atoms with Gasteiger partial charge in [0.25, 0.3) is 0 Å². The van der Waals surface area contributed by atoms with Gasteiger partial charge in [-0.3, -0.25) is 9.97 Å². The topological polar surface area (TPSA) is 72.3 Å². The fraction of sp³-hybridized carbons (Fsp3) is 0.500. The molecule has 0 amide bonds. The Balaban J connectivity index is 2.49. The van der Waals surface area contributed by atoms with Crippen molar-refractivity contribution in [2.75, 3.05) is 0 Å². The molecule has 0 aliphatic carbocycles. The molecule has 0 fully saturated rings. The second-order valence-corrected chi connectivity index (χ2v) is 3.40. The highest BCUT2D eigenvalue weighted by Gasteiger charge is 2.18. The monoisotopic (exact) mass is 210 g/mol. The van der Waals surface area contributed by atoms with Crippen molar-refractivity contribution in [3.63, 3.8) is 0 Å². The van der Waals surface area contributed by atoms with E-state index >= 15 is 0 Å². The molecule has 0 aliphatic rings. The molecule has 5 nitrogen and oxygen atoms in total. The molecule has 1 atom stereocenters. The summed E-state index contributed by atoms with van der Waals surface area (Å²) in [4.78, 5) is 19.0. The highest BCUT2D eigenvalue weighted by molar-refractivity contribution is 5.74. The first-order valence-electron chi connectivity index (χ1n) is 4.73. The van der Waals surface area contributed by atoms with Gasteiger partial charge in [0.2, 0.25) is 0 Å². The zero-order chi connectivity index (χ0) is 11.3. The zero-order valence-electron chi connectivity index (χ0n) is 8.75. The predicted molar refractivity (Wildman–Crippen MR) is 53.0 cm³/mol. The first-order valence-corrected chi connectivity index (χ1v) is 4.73. The number of nitrogens with zero attached hydrogens (tertiary/aromatic N) is 2. The van der Waals surface area contributed by atoms with Crippen molar-refractivity contribution >= 4 is 5.97 Å². The van der Waals surface area contributed by atoms with Crippen LogP contribution in [0.15, 0.2) is 18.6 Å². The molecule has 0 spiro atoms. The molecule has 0 saturated carbocycles. The van der Waals surface area contributed by atoms with Crippen molar-refractivity contribution in [1.29, 1.82) is 0 Å². The Labute approximate surface area is 88.1 Å². The summed E-state index contributed by atoms with van der Waals surface area (Å²) in [6.07, 6.45) is 3.27. The van der Waals surface area contributed by atoms with Crippen LogP contribution in [0.3, 0.4) is 0 Å². The molecule has 1 aromatic heterocycles. The van der Waals surface area contributed by atoms with Crippen LogP contribution in [-0.2, 0) is 16.0 Å². The normalized spacial score (nSPS) is 12.5. The Morgan fingerprint density at radius 1 is 1.53 bits per heavy atom. The maximum Gasteiger partial charge on any atom is 0.335 e. The first-order chi connectivity index (χ1) is 7.09. The molecule has 1 aromatic rings. The number of hydrogen-bond donors (Lipinski definition) is 1. The minimum atomic E-state index is -1.18. The molecule has 1 rings (SSSR count). The minimum absolute atomic E-state index is 0.124. The molecule has 1 heterocycles. The lowest BCUT2D eigenvalue weighted by atomic mass is 10.2. The average Bonchev–Trinajstić information content (AvgIpc) is 2.18. The van der Waals surface area contributed by atoms with E-state index in [2.05, 4.69) is 9.97 Å². The minimum Gasteiger partial charge on any atom is -0.461 e. The summed E-state index contributed by atoms with van der Waals surface area (Å²) in [7, 11) is 0. The van der Waals surface area contributed by atoms with Gasteiger partial charge in [0.15, 0.2) is 6.10 Å². The summed E-state index contributed by atoms with van der Waals surface area (Å²) in [5.74, 6) is -0.629. The first kappa shape index (κ1) is 11.6. The number of aliphatic hydroxyl groups is 1. The fourth-order valence-corrected chi connectivity index (χ4v) is 1.03. The maximum atomic E-state index is 11.2. The smallest absolute Gasteiger partial charge is 0.335 e. The molecular formula is C10H14N2O3. The molecule has 0 aromatic carbocycles. The maximum absolute atomic E-state index is 11.2. The van der Waals surface area contributed by atoms with Gasteiger partial charge >= 0.3 is 5.97 Å². The second-order valence-electron chi connectivity index (χ2n) is 3.40. The zero-order valence-corrected chi connectivity index (χ0v) is 8.75. The molecule has 0 aliphatic heterocycles. The Morgan fingerprint density at radius 3 is 2.80 bits per heavy atom. The van der Waals surface area contributed by atoms with Gasteiger partial charge in [-0.1, -0.05) is 0 Å². The van der Waals surface area contributed by atoms with Crippen LogP contribution in [0.2, 0.25) is 0 Å². The van der Waals surface area contributed by atoms with E-state index in [1.54, 1.807) is 13.8 Å². The summed E-state index contributed by atoms with van der Waals surface area (Å²) < 4.78 is 4.85. The summed E-state index contributed by atoms with van der Waals surface area (Å²) >= 11 is 0. The van der Waals surface area contributed by atoms with Gasteiger partial charge in [-0.25, -0.2) is 4.79 Å². The third kappa shape index (κ3) is 4.03. The summed E-state index contributed by atoms with van der Waals surface area (Å²) in [5, 5.41) is 9.48. The van der Waals surface area contributed by atoms with Crippen molar-refractivity contribution in [2.45, 2.75) is 32.5 Å². The number of carbonyl (C=O) groups is 1. The molecule has 0 radical (unpaired) electrons. The number of rotatable bonds is 4. The Bertz CT molecular complexity index is 314. The molecule has 15 heavy (non-hydrogen) atoms. The van der Waals surface area contributed by atoms with E-state index in [0.717, 1.165) is 0 Å². The SMILES string of the molecule is CC(C)OC(=O)C(O)Cc1cnccn1. The standard InChI is InChI=1S/C10H14N2O3/c1-7(2)15-10(14)9(13)5-8-6-11-3-4-12-8/h3-4,6-7,9,13H,5H2,1-2H3. The summed E-state index contributed by atoms with van der Waals surface area (Å²) in [6, 6.07) is 0. The number of carbonyl (C=O) groups excluding carboxylic acids is 1. The second kappa shape index (κ2) is 5.41. The summed E-state index contributed by atoms with van der Waals surface area (Å²) in [6.45, 7) is 3.46. The van der Waals surface area contributed by atoms with Gasteiger partial charge in [-0.05, 0) is 13.8 Å². The van der Waals surface area contributed by atoms with Gasteiger partial charge in [0.1, 0.15) is 0 Å². The van der Waals surface area contributed by atoms with E-state index in [-0.39, 0.29) is 12.5 Å². The van der Waals surface area contributed by atoms with E-state index in [1.165, 1.54) is 18.6 Å². The molecule has 1 unspecified atom stereocenters. The lowest BCUT2D eigenvalue weighted by molar-refractivity contribution is -0.157. The number of hydrogen-bond acceptors (Lipinski definition) is 5. The van der Waals surface area contributed by atoms with E-state index in [1.807, 2.05) is 0 Å². The van der Waals surface area contributed by atoms with E-state index in [4.69, 9.17) is 4.74 Å². The lowest BCUT2D eigenvalue weighted by Crippen LogP contribution is -2.28. The van der Waals surface area contributed by atoms with Crippen molar-refractivity contribution < 1.29 is 14.6 Å². The third-order valence-electron chi connectivity index (χ3n) is 1.64. The van der Waals surface area contributed by atoms with Crippen LogP contribution < -0.4 is 0 Å². The van der Waals surface area contributed by atoms with Crippen LogP contribution in [-0.4, -0.2) is 33.3 Å². The largest absolute Gasteiger partial charge is 0.461 e. The van der Waals surface area contributed by atoms with Gasteiger partial charge < -0.3 is 9.84 Å². The van der Waals surface area contributed by atoms with E-state index < -0.39 is 12.1 Å². The van der Waals surface area contributed by atoms with Crippen molar-refractivity contribution in [1.82, 2.24) is 9.97 Å². The lowest BCUT2D eigenvalue weighted by Gasteiger charge is -2.12. The van der Waals surface area contributed by atoms with E-state index in [0.29, 0.717) is 5.69 Å². The van der Waals surface area contributed by atoms with Crippen LogP contribution in [0.1, 0.15) is 19.5 Å². The molecule has 0 saturated heterocycles. The van der Waals surface area contributed by atoms with Crippen LogP contribution in [0.4, 0.5) is 0 Å². The Hall–Kier alpha value is -1.49. The number of aromatic nitrogens is 2. The molecule has 82 valence electrons. The number of aliphatic hydroxyl groups excluding tert-OH is 1.